The maximum atomic E-state index is 10.3. The van der Waals surface area contributed by atoms with Gasteiger partial charge in [-0.25, -0.2) is 0 Å². The van der Waals surface area contributed by atoms with E-state index in [9.17, 15) is 4.79 Å². The summed E-state index contributed by atoms with van der Waals surface area (Å²) in [5.41, 5.74) is 0.753. The van der Waals surface area contributed by atoms with Crippen LogP contribution in [0.15, 0.2) is 18.2 Å². The van der Waals surface area contributed by atoms with Crippen LogP contribution >= 0.6 is 35.8 Å². The Morgan fingerprint density at radius 3 is 2.50 bits per heavy atom. The van der Waals surface area contributed by atoms with Crippen LogP contribution in [0.3, 0.4) is 0 Å². The van der Waals surface area contributed by atoms with E-state index < -0.39 is 5.25 Å². The molecule has 1 nitrogen and oxygen atoms in total. The first-order valence-corrected chi connectivity index (χ1v) is 4.50. The minimum atomic E-state index is -0.431. The van der Waals surface area contributed by atoms with Crippen molar-refractivity contribution in [1.29, 1.82) is 0 Å². The number of halogens is 2. The van der Waals surface area contributed by atoms with Crippen molar-refractivity contribution >= 4 is 42.1 Å². The third-order valence-corrected chi connectivity index (χ3v) is 2.57. The third kappa shape index (κ3) is 2.16. The molecule has 4 heteroatoms. The third-order valence-electron chi connectivity index (χ3n) is 1.41. The normalized spacial score (nSPS) is 12.6. The van der Waals surface area contributed by atoms with Crippen molar-refractivity contribution in [1.82, 2.24) is 0 Å². The predicted molar refractivity (Wildman–Crippen MR) is 54.3 cm³/mol. The first-order valence-electron chi connectivity index (χ1n) is 3.23. The minimum absolute atomic E-state index is 0.431. The SMILES string of the molecule is O=CC(S)c1ccc(Cl)c(Cl)c1. The van der Waals surface area contributed by atoms with E-state index in [1.807, 2.05) is 0 Å². The molecule has 0 aliphatic carbocycles. The van der Waals surface area contributed by atoms with Crippen LogP contribution in [0.4, 0.5) is 0 Å². The summed E-state index contributed by atoms with van der Waals surface area (Å²) in [6, 6.07) is 5.00. The van der Waals surface area contributed by atoms with Crippen LogP contribution in [-0.4, -0.2) is 6.29 Å². The molecule has 0 aliphatic rings. The quantitative estimate of drug-likeness (QED) is 0.599. The largest absolute Gasteiger partial charge is 0.302 e. The Kier molecular flexibility index (Phi) is 3.44. The second kappa shape index (κ2) is 4.17. The summed E-state index contributed by atoms with van der Waals surface area (Å²) in [4.78, 5) is 10.3. The Labute approximate surface area is 86.1 Å². The summed E-state index contributed by atoms with van der Waals surface area (Å²) >= 11 is 15.4. The van der Waals surface area contributed by atoms with E-state index >= 15 is 0 Å². The highest BCUT2D eigenvalue weighted by Crippen LogP contribution is 2.26. The van der Waals surface area contributed by atoms with Crippen LogP contribution in [0.5, 0.6) is 0 Å². The monoisotopic (exact) mass is 220 g/mol. The number of hydrogen-bond acceptors (Lipinski definition) is 2. The summed E-state index contributed by atoms with van der Waals surface area (Å²) < 4.78 is 0. The molecule has 0 spiro atoms. The number of benzene rings is 1. The molecule has 12 heavy (non-hydrogen) atoms. The zero-order valence-electron chi connectivity index (χ0n) is 6.00. The van der Waals surface area contributed by atoms with Crippen LogP contribution in [-0.2, 0) is 4.79 Å². The Hall–Kier alpha value is -0.180. The molecule has 0 amide bonds. The van der Waals surface area contributed by atoms with Gasteiger partial charge in [-0.2, -0.15) is 12.6 Å². The van der Waals surface area contributed by atoms with Crippen molar-refractivity contribution in [2.75, 3.05) is 0 Å². The second-order valence-electron chi connectivity index (χ2n) is 2.25. The Morgan fingerprint density at radius 1 is 1.33 bits per heavy atom. The lowest BCUT2D eigenvalue weighted by Crippen LogP contribution is -1.90. The van der Waals surface area contributed by atoms with Crippen molar-refractivity contribution in [3.63, 3.8) is 0 Å². The standard InChI is InChI=1S/C8H6Cl2OS/c9-6-2-1-5(3-7(6)10)8(12)4-11/h1-4,8,12H. The van der Waals surface area contributed by atoms with E-state index in [1.165, 1.54) is 0 Å². The first kappa shape index (κ1) is 9.90. The van der Waals surface area contributed by atoms with Crippen molar-refractivity contribution in [2.24, 2.45) is 0 Å². The van der Waals surface area contributed by atoms with Gasteiger partial charge in [-0.15, -0.1) is 0 Å². The molecule has 1 aromatic rings. The van der Waals surface area contributed by atoms with Crippen molar-refractivity contribution in [2.45, 2.75) is 5.25 Å². The van der Waals surface area contributed by atoms with Gasteiger partial charge in [0, 0.05) is 0 Å². The van der Waals surface area contributed by atoms with Crippen molar-refractivity contribution < 1.29 is 4.79 Å². The highest BCUT2D eigenvalue weighted by molar-refractivity contribution is 7.81. The molecule has 64 valence electrons. The number of rotatable bonds is 2. The molecule has 1 atom stereocenters. The van der Waals surface area contributed by atoms with E-state index in [-0.39, 0.29) is 0 Å². The van der Waals surface area contributed by atoms with Crippen LogP contribution in [0, 0.1) is 0 Å². The van der Waals surface area contributed by atoms with Crippen LogP contribution < -0.4 is 0 Å². The van der Waals surface area contributed by atoms with Crippen molar-refractivity contribution in [3.8, 4) is 0 Å². The van der Waals surface area contributed by atoms with Crippen LogP contribution in [0.25, 0.3) is 0 Å². The molecule has 0 saturated carbocycles. The topological polar surface area (TPSA) is 17.1 Å². The van der Waals surface area contributed by atoms with Crippen LogP contribution in [0.2, 0.25) is 10.0 Å². The summed E-state index contributed by atoms with van der Waals surface area (Å²) in [6.45, 7) is 0. The lowest BCUT2D eigenvalue weighted by atomic mass is 10.2. The molecule has 1 unspecified atom stereocenters. The van der Waals surface area contributed by atoms with E-state index in [0.29, 0.717) is 10.0 Å². The summed E-state index contributed by atoms with van der Waals surface area (Å²) in [5.74, 6) is 0. The molecule has 1 rings (SSSR count). The number of carbonyl (C=O) groups is 1. The Bertz CT molecular complexity index is 301. The van der Waals surface area contributed by atoms with Gasteiger partial charge in [-0.3, -0.25) is 0 Å². The molecule has 0 bridgehead atoms. The molecule has 0 aliphatic heterocycles. The summed E-state index contributed by atoms with van der Waals surface area (Å²) in [6.07, 6.45) is 0.739. The molecular weight excluding hydrogens is 215 g/mol. The van der Waals surface area contributed by atoms with Gasteiger partial charge < -0.3 is 4.79 Å². The van der Waals surface area contributed by atoms with Gasteiger partial charge in [-0.1, -0.05) is 29.3 Å². The first-order chi connectivity index (χ1) is 5.65. The molecule has 0 aromatic heterocycles. The molecule has 0 fully saturated rings. The smallest absolute Gasteiger partial charge is 0.137 e. The maximum Gasteiger partial charge on any atom is 0.137 e. The number of carbonyl (C=O) groups excluding carboxylic acids is 1. The van der Waals surface area contributed by atoms with E-state index in [4.69, 9.17) is 23.2 Å². The summed E-state index contributed by atoms with van der Waals surface area (Å²) in [7, 11) is 0. The highest BCUT2D eigenvalue weighted by Gasteiger charge is 2.06. The number of hydrogen-bond donors (Lipinski definition) is 1. The predicted octanol–water partition coefficient (Wildman–Crippen LogP) is 3.16. The zero-order chi connectivity index (χ0) is 9.14. The Morgan fingerprint density at radius 2 is 2.00 bits per heavy atom. The number of thiol groups is 1. The fourth-order valence-electron chi connectivity index (χ4n) is 0.775. The van der Waals surface area contributed by atoms with Gasteiger partial charge in [-0.05, 0) is 17.7 Å². The lowest BCUT2D eigenvalue weighted by molar-refractivity contribution is -0.107. The van der Waals surface area contributed by atoms with Gasteiger partial charge in [0.15, 0.2) is 0 Å². The van der Waals surface area contributed by atoms with Gasteiger partial charge in [0.25, 0.3) is 0 Å². The van der Waals surface area contributed by atoms with Gasteiger partial charge in [0.2, 0.25) is 0 Å². The summed E-state index contributed by atoms with van der Waals surface area (Å²) in [5, 5.41) is 0.488. The van der Waals surface area contributed by atoms with Gasteiger partial charge in [0.1, 0.15) is 6.29 Å². The maximum absolute atomic E-state index is 10.3. The molecule has 0 heterocycles. The number of aldehydes is 1. The molecular formula is C8H6Cl2OS. The highest BCUT2D eigenvalue weighted by atomic mass is 35.5. The van der Waals surface area contributed by atoms with E-state index in [0.717, 1.165) is 11.8 Å². The molecule has 1 aromatic carbocycles. The average Bonchev–Trinajstić information content (AvgIpc) is 2.08. The molecule has 0 saturated heterocycles. The fraction of sp³-hybridized carbons (Fsp3) is 0.125. The zero-order valence-corrected chi connectivity index (χ0v) is 8.40. The Balaban J connectivity index is 3.04. The lowest BCUT2D eigenvalue weighted by Gasteiger charge is -2.03. The van der Waals surface area contributed by atoms with Gasteiger partial charge >= 0.3 is 0 Å². The fourth-order valence-corrected chi connectivity index (χ4v) is 1.24. The molecule has 0 N–H and O–H groups in total. The second-order valence-corrected chi connectivity index (χ2v) is 3.63. The van der Waals surface area contributed by atoms with Crippen molar-refractivity contribution in [3.05, 3.63) is 33.8 Å². The van der Waals surface area contributed by atoms with E-state index in [2.05, 4.69) is 12.6 Å². The molecule has 0 radical (unpaired) electrons. The van der Waals surface area contributed by atoms with Gasteiger partial charge in [0.05, 0.1) is 15.3 Å². The van der Waals surface area contributed by atoms with Crippen LogP contribution in [0.1, 0.15) is 10.8 Å². The minimum Gasteiger partial charge on any atom is -0.302 e. The average molecular weight is 221 g/mol. The van der Waals surface area contributed by atoms with E-state index in [1.54, 1.807) is 18.2 Å².